The minimum absolute atomic E-state index is 0.108. The Morgan fingerprint density at radius 1 is 1.00 bits per heavy atom. The molecule has 3 aromatic carbocycles. The Bertz CT molecular complexity index is 1280. The standard InChI is InChI=1S/C29H31FN4O3S/c30-24-9-7-21(8-10-24)19-31-33-29(37)26-18-25(34-13-2-1-3-14-34)11-12-27(26)32-28(36)23-6-4-5-22(17-23)20-38-16-15-35/h4-12,17-19,35H,1-3,13-16,20H2,(H,32,36)(H,33,37). The lowest BCUT2D eigenvalue weighted by Crippen LogP contribution is -2.30. The second-order valence-corrected chi connectivity index (χ2v) is 10.1. The van der Waals surface area contributed by atoms with Crippen molar-refractivity contribution in [2.75, 3.05) is 35.7 Å². The lowest BCUT2D eigenvalue weighted by molar-refractivity contribution is 0.0956. The fourth-order valence-electron chi connectivity index (χ4n) is 4.20. The van der Waals surface area contributed by atoms with Gasteiger partial charge in [0.1, 0.15) is 5.82 Å². The Morgan fingerprint density at radius 2 is 1.79 bits per heavy atom. The molecule has 0 radical (unpaired) electrons. The SMILES string of the molecule is O=C(Nc1ccc(N2CCCCC2)cc1C(=O)NN=Cc1ccc(F)cc1)c1cccc(CSCCO)c1. The largest absolute Gasteiger partial charge is 0.396 e. The Labute approximate surface area is 226 Å². The van der Waals surface area contributed by atoms with Gasteiger partial charge in [-0.05, 0) is 72.9 Å². The van der Waals surface area contributed by atoms with Gasteiger partial charge in [-0.1, -0.05) is 24.3 Å². The first kappa shape index (κ1) is 27.3. The van der Waals surface area contributed by atoms with Crippen molar-refractivity contribution in [2.24, 2.45) is 5.10 Å². The van der Waals surface area contributed by atoms with Crippen molar-refractivity contribution in [3.63, 3.8) is 0 Å². The Morgan fingerprint density at radius 3 is 2.55 bits per heavy atom. The maximum Gasteiger partial charge on any atom is 0.273 e. The van der Waals surface area contributed by atoms with Gasteiger partial charge in [-0.25, -0.2) is 9.82 Å². The summed E-state index contributed by atoms with van der Waals surface area (Å²) in [7, 11) is 0. The maximum absolute atomic E-state index is 13.2. The maximum atomic E-state index is 13.2. The number of rotatable bonds is 10. The van der Waals surface area contributed by atoms with Gasteiger partial charge < -0.3 is 15.3 Å². The number of anilines is 2. The summed E-state index contributed by atoms with van der Waals surface area (Å²) in [6.07, 6.45) is 4.81. The van der Waals surface area contributed by atoms with Crippen molar-refractivity contribution in [3.8, 4) is 0 Å². The van der Waals surface area contributed by atoms with E-state index in [1.807, 2.05) is 24.3 Å². The molecule has 1 fully saturated rings. The number of piperidine rings is 1. The summed E-state index contributed by atoms with van der Waals surface area (Å²) in [6.45, 7) is 1.93. The van der Waals surface area contributed by atoms with Gasteiger partial charge in [-0.2, -0.15) is 16.9 Å². The second-order valence-electron chi connectivity index (χ2n) is 8.96. The average molecular weight is 535 g/mol. The van der Waals surface area contributed by atoms with Crippen molar-refractivity contribution in [1.82, 2.24) is 5.43 Å². The van der Waals surface area contributed by atoms with Crippen molar-refractivity contribution < 1.29 is 19.1 Å². The van der Waals surface area contributed by atoms with Crippen LogP contribution in [0.2, 0.25) is 0 Å². The van der Waals surface area contributed by atoms with Crippen LogP contribution >= 0.6 is 11.8 Å². The van der Waals surface area contributed by atoms with Gasteiger partial charge in [0, 0.05) is 35.8 Å². The third-order valence-corrected chi connectivity index (χ3v) is 7.17. The zero-order valence-corrected chi connectivity index (χ0v) is 21.8. The molecule has 0 aromatic heterocycles. The summed E-state index contributed by atoms with van der Waals surface area (Å²) in [5.41, 5.74) is 6.21. The van der Waals surface area contributed by atoms with Crippen LogP contribution in [0.25, 0.3) is 0 Å². The number of carbonyl (C=O) groups excluding carboxylic acids is 2. The molecule has 1 aliphatic heterocycles. The van der Waals surface area contributed by atoms with Gasteiger partial charge in [0.2, 0.25) is 0 Å². The van der Waals surface area contributed by atoms with Crippen LogP contribution in [-0.2, 0) is 5.75 Å². The molecule has 2 amide bonds. The van der Waals surface area contributed by atoms with E-state index < -0.39 is 5.91 Å². The number of benzene rings is 3. The number of nitrogens with zero attached hydrogens (tertiary/aromatic N) is 2. The molecule has 3 aromatic rings. The highest BCUT2D eigenvalue weighted by molar-refractivity contribution is 7.98. The molecule has 1 heterocycles. The molecule has 1 saturated heterocycles. The topological polar surface area (TPSA) is 94.0 Å². The number of nitrogens with one attached hydrogen (secondary N) is 2. The molecule has 0 saturated carbocycles. The minimum atomic E-state index is -0.466. The van der Waals surface area contributed by atoms with Crippen LogP contribution in [0, 0.1) is 5.82 Å². The van der Waals surface area contributed by atoms with E-state index in [1.165, 1.54) is 24.8 Å². The first-order valence-electron chi connectivity index (χ1n) is 12.6. The number of aliphatic hydroxyl groups is 1. The number of hydrogen-bond acceptors (Lipinski definition) is 6. The third-order valence-electron chi connectivity index (χ3n) is 6.16. The smallest absolute Gasteiger partial charge is 0.273 e. The summed E-state index contributed by atoms with van der Waals surface area (Å²) >= 11 is 1.59. The molecule has 9 heteroatoms. The summed E-state index contributed by atoms with van der Waals surface area (Å²) in [5.74, 6) is 0.171. The number of halogens is 1. The van der Waals surface area contributed by atoms with Gasteiger partial charge in [0.15, 0.2) is 0 Å². The van der Waals surface area contributed by atoms with Gasteiger partial charge in [-0.15, -0.1) is 0 Å². The summed E-state index contributed by atoms with van der Waals surface area (Å²) < 4.78 is 13.1. The molecular formula is C29H31FN4O3S. The highest BCUT2D eigenvalue weighted by Gasteiger charge is 2.18. The highest BCUT2D eigenvalue weighted by Crippen LogP contribution is 2.27. The van der Waals surface area contributed by atoms with E-state index in [2.05, 4.69) is 20.7 Å². The Kier molecular flexibility index (Phi) is 9.89. The molecule has 198 valence electrons. The van der Waals surface area contributed by atoms with E-state index in [-0.39, 0.29) is 18.3 Å². The van der Waals surface area contributed by atoms with E-state index in [4.69, 9.17) is 5.11 Å². The average Bonchev–Trinajstić information content (AvgIpc) is 2.95. The molecular weight excluding hydrogens is 503 g/mol. The third kappa shape index (κ3) is 7.66. The van der Waals surface area contributed by atoms with Crippen LogP contribution in [0.15, 0.2) is 71.8 Å². The van der Waals surface area contributed by atoms with Crippen LogP contribution in [0.5, 0.6) is 0 Å². The Balaban J connectivity index is 1.54. The molecule has 0 aliphatic carbocycles. The van der Waals surface area contributed by atoms with E-state index in [0.29, 0.717) is 33.9 Å². The lowest BCUT2D eigenvalue weighted by atomic mass is 10.1. The van der Waals surface area contributed by atoms with Crippen LogP contribution in [0.3, 0.4) is 0 Å². The molecule has 1 aliphatic rings. The molecule has 0 bridgehead atoms. The predicted octanol–water partition coefficient (Wildman–Crippen LogP) is 5.06. The van der Waals surface area contributed by atoms with E-state index in [9.17, 15) is 14.0 Å². The number of hydrogen-bond donors (Lipinski definition) is 3. The van der Waals surface area contributed by atoms with Crippen molar-refractivity contribution in [2.45, 2.75) is 25.0 Å². The molecule has 38 heavy (non-hydrogen) atoms. The fraction of sp³-hybridized carbons (Fsp3) is 0.276. The molecule has 0 spiro atoms. The van der Waals surface area contributed by atoms with Gasteiger partial charge in [0.25, 0.3) is 11.8 Å². The summed E-state index contributed by atoms with van der Waals surface area (Å²) in [4.78, 5) is 28.5. The van der Waals surface area contributed by atoms with Crippen molar-refractivity contribution >= 4 is 41.2 Å². The van der Waals surface area contributed by atoms with Crippen LogP contribution in [-0.4, -0.2) is 48.6 Å². The van der Waals surface area contributed by atoms with Gasteiger partial charge >= 0.3 is 0 Å². The molecule has 4 rings (SSSR count). The number of carbonyl (C=O) groups is 2. The number of amides is 2. The zero-order chi connectivity index (χ0) is 26.7. The molecule has 0 unspecified atom stereocenters. The molecule has 3 N–H and O–H groups in total. The van der Waals surface area contributed by atoms with Crippen molar-refractivity contribution in [1.29, 1.82) is 0 Å². The van der Waals surface area contributed by atoms with E-state index >= 15 is 0 Å². The fourth-order valence-corrected chi connectivity index (χ4v) is 4.89. The Hall–Kier alpha value is -3.69. The second kappa shape index (κ2) is 13.7. The molecule has 7 nitrogen and oxygen atoms in total. The van der Waals surface area contributed by atoms with Gasteiger partial charge in [-0.3, -0.25) is 9.59 Å². The van der Waals surface area contributed by atoms with Crippen LogP contribution in [0.1, 0.15) is 51.1 Å². The molecule has 0 atom stereocenters. The number of thioether (sulfide) groups is 1. The van der Waals surface area contributed by atoms with E-state index in [1.54, 1.807) is 42.1 Å². The van der Waals surface area contributed by atoms with Crippen LogP contribution < -0.4 is 15.6 Å². The minimum Gasteiger partial charge on any atom is -0.396 e. The monoisotopic (exact) mass is 534 g/mol. The predicted molar refractivity (Wildman–Crippen MR) is 152 cm³/mol. The zero-order valence-electron chi connectivity index (χ0n) is 21.0. The summed E-state index contributed by atoms with van der Waals surface area (Å²) in [5, 5.41) is 15.9. The number of aliphatic hydroxyl groups excluding tert-OH is 1. The quantitative estimate of drug-likeness (QED) is 0.192. The summed E-state index contributed by atoms with van der Waals surface area (Å²) in [6, 6.07) is 18.5. The first-order chi connectivity index (χ1) is 18.5. The van der Waals surface area contributed by atoms with Gasteiger partial charge in [0.05, 0.1) is 24.1 Å². The van der Waals surface area contributed by atoms with E-state index in [0.717, 1.165) is 37.2 Å². The first-order valence-corrected chi connectivity index (χ1v) is 13.8. The number of hydrazone groups is 1. The lowest BCUT2D eigenvalue weighted by Gasteiger charge is -2.29. The van der Waals surface area contributed by atoms with Crippen LogP contribution in [0.4, 0.5) is 15.8 Å². The normalized spacial score (nSPS) is 13.5. The highest BCUT2D eigenvalue weighted by atomic mass is 32.2. The van der Waals surface area contributed by atoms with Crippen molar-refractivity contribution in [3.05, 3.63) is 94.8 Å².